The Bertz CT molecular complexity index is 2190. The van der Waals surface area contributed by atoms with Crippen molar-refractivity contribution >= 4 is 40.9 Å². The van der Waals surface area contributed by atoms with Crippen molar-refractivity contribution in [2.75, 3.05) is 4.90 Å². The van der Waals surface area contributed by atoms with Gasteiger partial charge in [0.05, 0.1) is 11.4 Å². The van der Waals surface area contributed by atoms with Crippen LogP contribution in [0.25, 0.3) is 46.1 Å². The van der Waals surface area contributed by atoms with E-state index >= 15 is 0 Å². The Kier molecular flexibility index (Phi) is 8.09. The smallest absolute Gasteiger partial charge is 0.0540 e. The summed E-state index contributed by atoms with van der Waals surface area (Å²) in [7, 11) is 0. The summed E-state index contributed by atoms with van der Waals surface area (Å²) in [5.74, 6) is 0. The summed E-state index contributed by atoms with van der Waals surface area (Å²) in [4.78, 5) is 2.43. The van der Waals surface area contributed by atoms with Gasteiger partial charge in [0, 0.05) is 16.8 Å². The maximum atomic E-state index is 2.43. The molecule has 0 atom stereocenters. The third kappa shape index (κ3) is 6.04. The monoisotopic (exact) mass is 627 g/mol. The second-order valence-electron chi connectivity index (χ2n) is 12.8. The largest absolute Gasteiger partial charge is 0.309 e. The Balaban J connectivity index is 1.31. The summed E-state index contributed by atoms with van der Waals surface area (Å²) in [6.07, 6.45) is 6.79. The van der Waals surface area contributed by atoms with Crippen LogP contribution < -0.4 is 4.90 Å². The molecule has 1 aliphatic carbocycles. The van der Waals surface area contributed by atoms with Crippen LogP contribution >= 0.6 is 0 Å². The van der Waals surface area contributed by atoms with E-state index in [0.29, 0.717) is 0 Å². The molecule has 0 spiro atoms. The molecule has 0 aliphatic heterocycles. The normalized spacial score (nSPS) is 11.8. The molecule has 0 unspecified atom stereocenters. The second-order valence-corrected chi connectivity index (χ2v) is 12.8. The summed E-state index contributed by atoms with van der Waals surface area (Å²) in [5.41, 5.74) is 18.0. The highest BCUT2D eigenvalue weighted by molar-refractivity contribution is 6.00. The lowest BCUT2D eigenvalue weighted by atomic mass is 9.92. The van der Waals surface area contributed by atoms with Gasteiger partial charge in [0.1, 0.15) is 0 Å². The molecule has 7 aromatic rings. The van der Waals surface area contributed by atoms with Gasteiger partial charge in [0.25, 0.3) is 0 Å². The Labute approximate surface area is 289 Å². The molecule has 0 aromatic heterocycles. The summed E-state index contributed by atoms with van der Waals surface area (Å²) in [5, 5.41) is 0. The number of nitrogens with zero attached hydrogens (tertiary/aromatic N) is 1. The molecule has 0 N–H and O–H groups in total. The highest BCUT2D eigenvalue weighted by atomic mass is 15.1. The number of hydrogen-bond acceptors (Lipinski definition) is 1. The SMILES string of the molecule is Cc1ccc(N(c2ccc(C=C3c4ccccc4C=Cc4ccccc43)cc2)c2ccc(C)cc2-c2ccccc2)c(-c2ccccc2)c1. The number of anilines is 3. The Morgan fingerprint density at radius 3 is 1.35 bits per heavy atom. The van der Waals surface area contributed by atoms with Gasteiger partial charge < -0.3 is 4.90 Å². The molecule has 0 fully saturated rings. The fourth-order valence-electron chi connectivity index (χ4n) is 6.94. The van der Waals surface area contributed by atoms with Crippen molar-refractivity contribution in [3.63, 3.8) is 0 Å². The predicted molar refractivity (Wildman–Crippen MR) is 210 cm³/mol. The minimum atomic E-state index is 1.10. The van der Waals surface area contributed by atoms with Crippen molar-refractivity contribution in [1.29, 1.82) is 0 Å². The second kappa shape index (κ2) is 13.1. The van der Waals surface area contributed by atoms with Gasteiger partial charge in [-0.3, -0.25) is 0 Å². The molecule has 1 nitrogen and oxygen atoms in total. The first kappa shape index (κ1) is 30.2. The van der Waals surface area contributed by atoms with Crippen LogP contribution in [0.3, 0.4) is 0 Å². The van der Waals surface area contributed by atoms with Crippen LogP contribution in [0.15, 0.2) is 170 Å². The molecule has 234 valence electrons. The average Bonchev–Trinajstić information content (AvgIpc) is 3.31. The van der Waals surface area contributed by atoms with E-state index in [1.165, 1.54) is 61.2 Å². The quantitative estimate of drug-likeness (QED) is 0.177. The summed E-state index contributed by atoms with van der Waals surface area (Å²) >= 11 is 0. The van der Waals surface area contributed by atoms with E-state index in [2.05, 4.69) is 207 Å². The van der Waals surface area contributed by atoms with Gasteiger partial charge in [0.15, 0.2) is 0 Å². The van der Waals surface area contributed by atoms with E-state index in [1.54, 1.807) is 0 Å². The lowest BCUT2D eigenvalue weighted by Crippen LogP contribution is -2.13. The van der Waals surface area contributed by atoms with Gasteiger partial charge in [-0.25, -0.2) is 0 Å². The topological polar surface area (TPSA) is 3.24 Å². The zero-order valence-electron chi connectivity index (χ0n) is 27.8. The third-order valence-electron chi connectivity index (χ3n) is 9.36. The Hall–Kier alpha value is -6.18. The van der Waals surface area contributed by atoms with Crippen LogP contribution in [0.4, 0.5) is 17.1 Å². The van der Waals surface area contributed by atoms with Crippen LogP contribution in [0, 0.1) is 13.8 Å². The molecule has 7 aromatic carbocycles. The molecule has 0 amide bonds. The van der Waals surface area contributed by atoms with Gasteiger partial charge >= 0.3 is 0 Å². The Morgan fingerprint density at radius 2 is 0.857 bits per heavy atom. The zero-order valence-corrected chi connectivity index (χ0v) is 27.8. The van der Waals surface area contributed by atoms with E-state index in [4.69, 9.17) is 0 Å². The summed E-state index contributed by atoms with van der Waals surface area (Å²) in [6, 6.07) is 61.5. The minimum absolute atomic E-state index is 1.10. The molecule has 1 aliphatic rings. The Morgan fingerprint density at radius 1 is 0.408 bits per heavy atom. The number of rotatable bonds is 6. The summed E-state index contributed by atoms with van der Waals surface area (Å²) < 4.78 is 0. The van der Waals surface area contributed by atoms with Crippen LogP contribution in [0.1, 0.15) is 38.9 Å². The lowest BCUT2D eigenvalue weighted by molar-refractivity contribution is 1.27. The first-order valence-corrected chi connectivity index (χ1v) is 16.9. The van der Waals surface area contributed by atoms with E-state index in [1.807, 2.05) is 0 Å². The van der Waals surface area contributed by atoms with Crippen LogP contribution in [-0.2, 0) is 0 Å². The van der Waals surface area contributed by atoms with Crippen LogP contribution in [0.2, 0.25) is 0 Å². The van der Waals surface area contributed by atoms with Gasteiger partial charge in [-0.15, -0.1) is 0 Å². The molecule has 8 rings (SSSR count). The van der Waals surface area contributed by atoms with Crippen molar-refractivity contribution in [2.45, 2.75) is 13.8 Å². The highest BCUT2D eigenvalue weighted by Gasteiger charge is 2.21. The van der Waals surface area contributed by atoms with Gasteiger partial charge in [0.2, 0.25) is 0 Å². The fraction of sp³-hybridized carbons (Fsp3) is 0.0417. The van der Waals surface area contributed by atoms with E-state index in [0.717, 1.165) is 22.6 Å². The molecule has 0 radical (unpaired) electrons. The predicted octanol–water partition coefficient (Wildman–Crippen LogP) is 13.2. The molecule has 0 bridgehead atoms. The van der Waals surface area contributed by atoms with Gasteiger partial charge in [-0.1, -0.05) is 157 Å². The third-order valence-corrected chi connectivity index (χ3v) is 9.36. The van der Waals surface area contributed by atoms with Crippen molar-refractivity contribution in [2.24, 2.45) is 0 Å². The molecule has 0 saturated carbocycles. The molecule has 1 heteroatoms. The molecular weight excluding hydrogens is 591 g/mol. The number of benzene rings is 7. The first-order valence-electron chi connectivity index (χ1n) is 16.9. The maximum Gasteiger partial charge on any atom is 0.0540 e. The molecular formula is C48H37N. The van der Waals surface area contributed by atoms with Gasteiger partial charge in [-0.05, 0) is 101 Å². The zero-order chi connectivity index (χ0) is 33.2. The van der Waals surface area contributed by atoms with E-state index < -0.39 is 0 Å². The molecule has 49 heavy (non-hydrogen) atoms. The number of hydrogen-bond donors (Lipinski definition) is 0. The average molecular weight is 628 g/mol. The lowest BCUT2D eigenvalue weighted by Gasteiger charge is -2.30. The van der Waals surface area contributed by atoms with E-state index in [-0.39, 0.29) is 0 Å². The van der Waals surface area contributed by atoms with Crippen LogP contribution in [-0.4, -0.2) is 0 Å². The van der Waals surface area contributed by atoms with Crippen LogP contribution in [0.5, 0.6) is 0 Å². The van der Waals surface area contributed by atoms with Gasteiger partial charge in [-0.2, -0.15) is 0 Å². The molecule has 0 saturated heterocycles. The summed E-state index contributed by atoms with van der Waals surface area (Å²) in [6.45, 7) is 4.34. The number of fused-ring (bicyclic) bond motifs is 2. The minimum Gasteiger partial charge on any atom is -0.309 e. The van der Waals surface area contributed by atoms with Crippen molar-refractivity contribution in [1.82, 2.24) is 0 Å². The fourth-order valence-corrected chi connectivity index (χ4v) is 6.94. The van der Waals surface area contributed by atoms with E-state index in [9.17, 15) is 0 Å². The number of aryl methyl sites for hydroxylation is 2. The molecule has 0 heterocycles. The first-order chi connectivity index (χ1) is 24.1. The maximum absolute atomic E-state index is 2.43. The van der Waals surface area contributed by atoms with Crippen molar-refractivity contribution < 1.29 is 0 Å². The standard InChI is InChI=1S/C48H37N/c1-34-21-29-47(44(31-34)37-13-5-3-6-14-37)49(48-30-22-35(2)32-45(48)38-15-7-4-8-16-38)41-27-23-36(24-28-41)33-46-42-19-11-9-17-39(42)25-26-40-18-10-12-20-43(40)46/h3-33H,1-2H3. The van der Waals surface area contributed by atoms with Crippen molar-refractivity contribution in [3.05, 3.63) is 209 Å². The highest BCUT2D eigenvalue weighted by Crippen LogP contribution is 2.45. The van der Waals surface area contributed by atoms with Crippen molar-refractivity contribution in [3.8, 4) is 22.3 Å².